The third-order valence-corrected chi connectivity index (χ3v) is 2.74. The van der Waals surface area contributed by atoms with Crippen molar-refractivity contribution in [1.82, 2.24) is 0 Å². The Bertz CT molecular complexity index is 401. The van der Waals surface area contributed by atoms with Gasteiger partial charge in [-0.05, 0) is 24.5 Å². The average molecular weight is 238 g/mol. The van der Waals surface area contributed by atoms with Crippen molar-refractivity contribution in [3.8, 4) is 0 Å². The Hall–Kier alpha value is -1.28. The minimum atomic E-state index is -0.152. The fraction of sp³-hybridized carbons (Fsp3) is 0.308. The summed E-state index contributed by atoms with van der Waals surface area (Å²) in [5.74, 6) is -0.190. The van der Waals surface area contributed by atoms with Crippen LogP contribution in [0.4, 0.5) is 5.69 Å². The number of halogens is 1. The maximum atomic E-state index is 11.7. The number of para-hydroxylation sites is 1. The van der Waals surface area contributed by atoms with Crippen molar-refractivity contribution in [2.45, 2.75) is 20.3 Å². The second kappa shape index (κ2) is 5.71. The van der Waals surface area contributed by atoms with Crippen molar-refractivity contribution in [2.75, 3.05) is 10.8 Å². The summed E-state index contributed by atoms with van der Waals surface area (Å²) in [5.41, 5.74) is 3.08. The van der Waals surface area contributed by atoms with Crippen LogP contribution in [0.25, 0.3) is 0 Å². The fourth-order valence-corrected chi connectivity index (χ4v) is 1.86. The van der Waals surface area contributed by atoms with E-state index < -0.39 is 0 Å². The molecule has 0 N–H and O–H groups in total. The largest absolute Gasteiger partial charge is 0.287 e. The molecular formula is C13H16ClNO. The van der Waals surface area contributed by atoms with Gasteiger partial charge in [-0.2, -0.15) is 0 Å². The molecule has 1 rings (SSSR count). The maximum absolute atomic E-state index is 11.7. The van der Waals surface area contributed by atoms with Gasteiger partial charge in [-0.1, -0.05) is 31.7 Å². The van der Waals surface area contributed by atoms with Gasteiger partial charge in [0.25, 0.3) is 0 Å². The zero-order valence-electron chi connectivity index (χ0n) is 9.66. The molecule has 1 aromatic rings. The molecule has 1 amide bonds. The first-order valence-corrected chi connectivity index (χ1v) is 5.78. The third kappa shape index (κ3) is 2.45. The van der Waals surface area contributed by atoms with Gasteiger partial charge < -0.3 is 0 Å². The molecule has 0 saturated heterocycles. The van der Waals surface area contributed by atoms with Crippen LogP contribution < -0.4 is 4.90 Å². The summed E-state index contributed by atoms with van der Waals surface area (Å²) in [5, 5.41) is 0. The normalized spacial score (nSPS) is 9.94. The predicted molar refractivity (Wildman–Crippen MR) is 69.0 cm³/mol. The van der Waals surface area contributed by atoms with E-state index in [1.807, 2.05) is 25.1 Å². The number of hydrogen-bond donors (Lipinski definition) is 0. The van der Waals surface area contributed by atoms with E-state index in [9.17, 15) is 4.79 Å². The highest BCUT2D eigenvalue weighted by Gasteiger charge is 2.16. The summed E-state index contributed by atoms with van der Waals surface area (Å²) in [4.78, 5) is 13.2. The zero-order valence-corrected chi connectivity index (χ0v) is 10.4. The molecule has 0 aliphatic heterocycles. The molecule has 0 spiro atoms. The molecule has 2 nitrogen and oxygen atoms in total. The van der Waals surface area contributed by atoms with Crippen LogP contribution in [0.15, 0.2) is 31.0 Å². The van der Waals surface area contributed by atoms with Gasteiger partial charge in [0.15, 0.2) is 0 Å². The molecule has 1 aromatic carbocycles. The monoisotopic (exact) mass is 237 g/mol. The minimum absolute atomic E-state index is 0.0382. The number of carbonyl (C=O) groups is 1. The number of carbonyl (C=O) groups excluding carboxylic acids is 1. The molecule has 0 fully saturated rings. The molecule has 16 heavy (non-hydrogen) atoms. The number of hydrogen-bond acceptors (Lipinski definition) is 1. The molecule has 3 heteroatoms. The Kier molecular flexibility index (Phi) is 4.56. The number of alkyl halides is 1. The first kappa shape index (κ1) is 12.8. The lowest BCUT2D eigenvalue weighted by Crippen LogP contribution is -2.27. The summed E-state index contributed by atoms with van der Waals surface area (Å²) >= 11 is 5.58. The van der Waals surface area contributed by atoms with Gasteiger partial charge in [0.2, 0.25) is 5.91 Å². The lowest BCUT2D eigenvalue weighted by atomic mass is 10.0. The van der Waals surface area contributed by atoms with Gasteiger partial charge in [0.1, 0.15) is 5.88 Å². The van der Waals surface area contributed by atoms with E-state index in [2.05, 4.69) is 13.5 Å². The van der Waals surface area contributed by atoms with Crippen LogP contribution in [0.2, 0.25) is 0 Å². The number of amides is 1. The summed E-state index contributed by atoms with van der Waals surface area (Å²) in [6.45, 7) is 7.71. The van der Waals surface area contributed by atoms with E-state index in [1.54, 1.807) is 0 Å². The smallest absolute Gasteiger partial charge is 0.245 e. The van der Waals surface area contributed by atoms with E-state index in [0.29, 0.717) is 0 Å². The second-order valence-electron chi connectivity index (χ2n) is 3.52. The van der Waals surface area contributed by atoms with Crippen molar-refractivity contribution in [1.29, 1.82) is 0 Å². The van der Waals surface area contributed by atoms with E-state index in [1.165, 1.54) is 11.1 Å². The molecular weight excluding hydrogens is 222 g/mol. The molecule has 0 radical (unpaired) electrons. The second-order valence-corrected chi connectivity index (χ2v) is 3.78. The third-order valence-electron chi connectivity index (χ3n) is 2.51. The van der Waals surface area contributed by atoms with Crippen LogP contribution in [0, 0.1) is 6.92 Å². The van der Waals surface area contributed by atoms with Gasteiger partial charge in [0, 0.05) is 6.20 Å². The van der Waals surface area contributed by atoms with E-state index in [4.69, 9.17) is 11.6 Å². The Morgan fingerprint density at radius 2 is 2.25 bits per heavy atom. The van der Waals surface area contributed by atoms with Crippen molar-refractivity contribution >= 4 is 23.2 Å². The standard InChI is InChI=1S/C13H16ClNO/c1-4-11-8-6-7-10(3)13(11)15(5-2)12(16)9-14/h5-8H,2,4,9H2,1,3H3. The first-order chi connectivity index (χ1) is 7.65. The molecule has 86 valence electrons. The van der Waals surface area contributed by atoms with Crippen LogP contribution in [0.5, 0.6) is 0 Å². The molecule has 0 heterocycles. The van der Waals surface area contributed by atoms with Crippen LogP contribution in [-0.4, -0.2) is 11.8 Å². The number of benzene rings is 1. The number of anilines is 1. The SMILES string of the molecule is C=CN(C(=O)CCl)c1c(C)cccc1CC. The van der Waals surface area contributed by atoms with Crippen LogP contribution in [0.3, 0.4) is 0 Å². The topological polar surface area (TPSA) is 20.3 Å². The summed E-state index contributed by atoms with van der Waals surface area (Å²) in [6.07, 6.45) is 2.39. The predicted octanol–water partition coefficient (Wildman–Crippen LogP) is 3.27. The molecule has 0 atom stereocenters. The van der Waals surface area contributed by atoms with Crippen molar-refractivity contribution < 1.29 is 4.79 Å². The maximum Gasteiger partial charge on any atom is 0.245 e. The van der Waals surface area contributed by atoms with Gasteiger partial charge in [-0.3, -0.25) is 9.69 Å². The lowest BCUT2D eigenvalue weighted by Gasteiger charge is -2.22. The van der Waals surface area contributed by atoms with Gasteiger partial charge in [0.05, 0.1) is 5.69 Å². The number of aryl methyl sites for hydroxylation is 2. The van der Waals surface area contributed by atoms with Gasteiger partial charge in [-0.25, -0.2) is 0 Å². The number of nitrogens with zero attached hydrogens (tertiary/aromatic N) is 1. The highest BCUT2D eigenvalue weighted by molar-refractivity contribution is 6.29. The fourth-order valence-electron chi connectivity index (χ4n) is 1.73. The lowest BCUT2D eigenvalue weighted by molar-refractivity contribution is -0.115. The minimum Gasteiger partial charge on any atom is -0.287 e. The van der Waals surface area contributed by atoms with Crippen molar-refractivity contribution in [3.63, 3.8) is 0 Å². The van der Waals surface area contributed by atoms with Crippen molar-refractivity contribution in [3.05, 3.63) is 42.1 Å². The summed E-state index contributed by atoms with van der Waals surface area (Å²) < 4.78 is 0. The highest BCUT2D eigenvalue weighted by Crippen LogP contribution is 2.26. The van der Waals surface area contributed by atoms with Crippen molar-refractivity contribution in [2.24, 2.45) is 0 Å². The molecule has 0 aliphatic rings. The molecule has 0 unspecified atom stereocenters. The number of rotatable bonds is 4. The summed E-state index contributed by atoms with van der Waals surface area (Å²) in [7, 11) is 0. The van der Waals surface area contributed by atoms with E-state index in [0.717, 1.165) is 23.2 Å². The molecule has 0 aliphatic carbocycles. The molecule has 0 aromatic heterocycles. The first-order valence-electron chi connectivity index (χ1n) is 5.24. The average Bonchev–Trinajstić information content (AvgIpc) is 2.31. The highest BCUT2D eigenvalue weighted by atomic mass is 35.5. The van der Waals surface area contributed by atoms with Gasteiger partial charge in [-0.15, -0.1) is 11.6 Å². The Morgan fingerprint density at radius 1 is 1.56 bits per heavy atom. The van der Waals surface area contributed by atoms with E-state index >= 15 is 0 Å². The van der Waals surface area contributed by atoms with Gasteiger partial charge >= 0.3 is 0 Å². The van der Waals surface area contributed by atoms with E-state index in [-0.39, 0.29) is 11.8 Å². The summed E-state index contributed by atoms with van der Waals surface area (Å²) in [6, 6.07) is 5.98. The zero-order chi connectivity index (χ0) is 12.1. The van der Waals surface area contributed by atoms with Crippen LogP contribution in [0.1, 0.15) is 18.1 Å². The molecule has 0 saturated carbocycles. The Labute approximate surface area is 102 Å². The Morgan fingerprint density at radius 3 is 2.75 bits per heavy atom. The quantitative estimate of drug-likeness (QED) is 0.736. The van der Waals surface area contributed by atoms with Crippen LogP contribution in [-0.2, 0) is 11.2 Å². The van der Waals surface area contributed by atoms with Crippen LogP contribution >= 0.6 is 11.6 Å². The molecule has 0 bridgehead atoms. The Balaban J connectivity index is 3.28.